The third kappa shape index (κ3) is 5.52. The smallest absolute Gasteiger partial charge is 0.385 e. The number of hydrogen-bond donors (Lipinski definition) is 2. The van der Waals surface area contributed by atoms with Crippen LogP contribution in [-0.2, 0) is 10.9 Å². The van der Waals surface area contributed by atoms with Crippen molar-refractivity contribution in [2.24, 2.45) is 0 Å². The highest BCUT2D eigenvalue weighted by Crippen LogP contribution is 2.36. The molecule has 0 amide bonds. The summed E-state index contributed by atoms with van der Waals surface area (Å²) in [6.07, 6.45) is -3.80. The average molecular weight is 327 g/mol. The topological polar surface area (TPSA) is 33.3 Å². The Morgan fingerprint density at radius 3 is 2.70 bits per heavy atom. The summed E-state index contributed by atoms with van der Waals surface area (Å²) in [6, 6.07) is 3.47. The largest absolute Gasteiger partial charge is 0.418 e. The van der Waals surface area contributed by atoms with Crippen LogP contribution in [0.3, 0.4) is 0 Å². The fourth-order valence-electron chi connectivity index (χ4n) is 1.44. The van der Waals surface area contributed by atoms with Gasteiger partial charge in [0.05, 0.1) is 11.3 Å². The predicted octanol–water partition coefficient (Wildman–Crippen LogP) is 3.68. The summed E-state index contributed by atoms with van der Waals surface area (Å²) in [5.74, 6) is 0. The molecule has 20 heavy (non-hydrogen) atoms. The Morgan fingerprint density at radius 2 is 2.10 bits per heavy atom. The summed E-state index contributed by atoms with van der Waals surface area (Å²) in [7, 11) is 1.57. The first kappa shape index (κ1) is 17.0. The molecule has 0 saturated heterocycles. The molecule has 112 valence electrons. The molecular weight excluding hydrogens is 313 g/mol. The predicted molar refractivity (Wildman–Crippen MR) is 77.2 cm³/mol. The summed E-state index contributed by atoms with van der Waals surface area (Å²) in [5, 5.41) is 5.46. The molecule has 2 N–H and O–H groups in total. The zero-order valence-corrected chi connectivity index (χ0v) is 12.3. The number of ether oxygens (including phenoxy) is 1. The summed E-state index contributed by atoms with van der Waals surface area (Å²) in [5.41, 5.74) is -0.989. The molecule has 0 heterocycles. The van der Waals surface area contributed by atoms with Crippen molar-refractivity contribution in [2.75, 3.05) is 25.6 Å². The number of rotatable bonds is 5. The standard InChI is InChI=1S/C12H14ClF3N2OS/c1-19-6-2-5-17-11(20)18-10-4-3-8(13)7-9(10)12(14,15)16/h3-4,7H,2,5-6H2,1H3,(H2,17,18,20). The number of anilines is 1. The lowest BCUT2D eigenvalue weighted by Gasteiger charge is -2.16. The Balaban J connectivity index is 2.70. The molecule has 0 radical (unpaired) electrons. The van der Waals surface area contributed by atoms with Gasteiger partial charge in [-0.2, -0.15) is 13.2 Å². The summed E-state index contributed by atoms with van der Waals surface area (Å²) in [4.78, 5) is 0. The monoisotopic (exact) mass is 326 g/mol. The van der Waals surface area contributed by atoms with Crippen LogP contribution in [0.4, 0.5) is 18.9 Å². The van der Waals surface area contributed by atoms with Gasteiger partial charge in [0.25, 0.3) is 0 Å². The second-order valence-electron chi connectivity index (χ2n) is 3.91. The summed E-state index contributed by atoms with van der Waals surface area (Å²) < 4.78 is 43.4. The van der Waals surface area contributed by atoms with Crippen molar-refractivity contribution in [3.05, 3.63) is 28.8 Å². The molecular formula is C12H14ClF3N2OS. The number of benzene rings is 1. The maximum absolute atomic E-state index is 12.9. The molecule has 1 rings (SSSR count). The molecule has 0 unspecified atom stereocenters. The number of alkyl halides is 3. The molecule has 0 atom stereocenters. The second-order valence-corrected chi connectivity index (χ2v) is 4.76. The number of halogens is 4. The zero-order valence-electron chi connectivity index (χ0n) is 10.7. The summed E-state index contributed by atoms with van der Waals surface area (Å²) in [6.45, 7) is 1.05. The Hall–Kier alpha value is -1.05. The van der Waals surface area contributed by atoms with Crippen LogP contribution in [0.15, 0.2) is 18.2 Å². The minimum Gasteiger partial charge on any atom is -0.385 e. The third-order valence-corrected chi connectivity index (χ3v) is 2.83. The number of methoxy groups -OCH3 is 1. The van der Waals surface area contributed by atoms with Gasteiger partial charge in [-0.1, -0.05) is 11.6 Å². The van der Waals surface area contributed by atoms with Crippen molar-refractivity contribution >= 4 is 34.6 Å². The molecule has 0 bridgehead atoms. The average Bonchev–Trinajstić information content (AvgIpc) is 2.35. The van der Waals surface area contributed by atoms with Crippen LogP contribution in [0.2, 0.25) is 5.02 Å². The molecule has 0 spiro atoms. The highest BCUT2D eigenvalue weighted by molar-refractivity contribution is 7.80. The van der Waals surface area contributed by atoms with Gasteiger partial charge >= 0.3 is 6.18 Å². The molecule has 1 aromatic rings. The van der Waals surface area contributed by atoms with Gasteiger partial charge in [-0.05, 0) is 36.8 Å². The van der Waals surface area contributed by atoms with Gasteiger partial charge in [0.15, 0.2) is 5.11 Å². The van der Waals surface area contributed by atoms with Gasteiger partial charge in [-0.25, -0.2) is 0 Å². The fraction of sp³-hybridized carbons (Fsp3) is 0.417. The molecule has 1 aromatic carbocycles. The van der Waals surface area contributed by atoms with Crippen LogP contribution in [0.25, 0.3) is 0 Å². The van der Waals surface area contributed by atoms with Gasteiger partial charge in [-0.15, -0.1) is 0 Å². The number of thiocarbonyl (C=S) groups is 1. The lowest BCUT2D eigenvalue weighted by molar-refractivity contribution is -0.136. The van der Waals surface area contributed by atoms with Crippen molar-refractivity contribution in [3.8, 4) is 0 Å². The van der Waals surface area contributed by atoms with Crippen molar-refractivity contribution in [1.82, 2.24) is 5.32 Å². The minimum absolute atomic E-state index is 0.0156. The highest BCUT2D eigenvalue weighted by atomic mass is 35.5. The first-order chi connectivity index (χ1) is 9.34. The Morgan fingerprint density at radius 1 is 1.40 bits per heavy atom. The van der Waals surface area contributed by atoms with Crippen molar-refractivity contribution in [1.29, 1.82) is 0 Å². The van der Waals surface area contributed by atoms with Gasteiger partial charge in [0.2, 0.25) is 0 Å². The van der Waals surface area contributed by atoms with Crippen molar-refractivity contribution in [2.45, 2.75) is 12.6 Å². The lowest BCUT2D eigenvalue weighted by Crippen LogP contribution is -2.30. The van der Waals surface area contributed by atoms with E-state index in [9.17, 15) is 13.2 Å². The van der Waals surface area contributed by atoms with E-state index in [1.54, 1.807) is 7.11 Å². The maximum Gasteiger partial charge on any atom is 0.418 e. The normalized spacial score (nSPS) is 11.2. The second kappa shape index (κ2) is 7.66. The first-order valence-corrected chi connectivity index (χ1v) is 6.53. The zero-order chi connectivity index (χ0) is 15.2. The quantitative estimate of drug-likeness (QED) is 0.639. The van der Waals surface area contributed by atoms with E-state index in [0.29, 0.717) is 19.6 Å². The maximum atomic E-state index is 12.9. The van der Waals surface area contributed by atoms with Crippen LogP contribution in [-0.4, -0.2) is 25.4 Å². The van der Waals surface area contributed by atoms with E-state index < -0.39 is 11.7 Å². The first-order valence-electron chi connectivity index (χ1n) is 5.75. The highest BCUT2D eigenvalue weighted by Gasteiger charge is 2.33. The summed E-state index contributed by atoms with van der Waals surface area (Å²) >= 11 is 10.5. The van der Waals surface area contributed by atoms with Crippen LogP contribution in [0.5, 0.6) is 0 Å². The molecule has 0 saturated carbocycles. The van der Waals surface area contributed by atoms with E-state index in [4.69, 9.17) is 28.6 Å². The van der Waals surface area contributed by atoms with Gasteiger partial charge in [-0.3, -0.25) is 0 Å². The molecule has 8 heteroatoms. The van der Waals surface area contributed by atoms with Crippen LogP contribution < -0.4 is 10.6 Å². The van der Waals surface area contributed by atoms with Gasteiger partial charge in [0.1, 0.15) is 0 Å². The van der Waals surface area contributed by atoms with E-state index in [1.165, 1.54) is 12.1 Å². The van der Waals surface area contributed by atoms with E-state index >= 15 is 0 Å². The third-order valence-electron chi connectivity index (χ3n) is 2.35. The molecule has 0 aliphatic rings. The van der Waals surface area contributed by atoms with E-state index in [-0.39, 0.29) is 15.8 Å². The SMILES string of the molecule is COCCCNC(=S)Nc1ccc(Cl)cc1C(F)(F)F. The Bertz CT molecular complexity index is 469. The number of hydrogen-bond acceptors (Lipinski definition) is 2. The fourth-order valence-corrected chi connectivity index (χ4v) is 1.83. The van der Waals surface area contributed by atoms with Crippen LogP contribution >= 0.6 is 23.8 Å². The van der Waals surface area contributed by atoms with Gasteiger partial charge < -0.3 is 15.4 Å². The van der Waals surface area contributed by atoms with Gasteiger partial charge in [0, 0.05) is 25.3 Å². The Kier molecular flexibility index (Phi) is 6.51. The van der Waals surface area contributed by atoms with Crippen LogP contribution in [0, 0.1) is 0 Å². The molecule has 0 aliphatic carbocycles. The van der Waals surface area contributed by atoms with Crippen molar-refractivity contribution < 1.29 is 17.9 Å². The van der Waals surface area contributed by atoms with Crippen molar-refractivity contribution in [3.63, 3.8) is 0 Å². The molecule has 0 aromatic heterocycles. The van der Waals surface area contributed by atoms with Crippen LogP contribution in [0.1, 0.15) is 12.0 Å². The molecule has 0 fully saturated rings. The van der Waals surface area contributed by atoms with E-state index in [1.807, 2.05) is 0 Å². The van der Waals surface area contributed by atoms with E-state index in [0.717, 1.165) is 6.07 Å². The molecule has 0 aliphatic heterocycles. The molecule has 3 nitrogen and oxygen atoms in total. The number of nitrogens with one attached hydrogen (secondary N) is 2. The minimum atomic E-state index is -4.50. The Labute approximate surface area is 125 Å². The lowest BCUT2D eigenvalue weighted by atomic mass is 10.1. The van der Waals surface area contributed by atoms with E-state index in [2.05, 4.69) is 10.6 Å².